The van der Waals surface area contributed by atoms with Crippen LogP contribution >= 0.6 is 23.4 Å². The lowest BCUT2D eigenvalue weighted by Crippen LogP contribution is -2.45. The van der Waals surface area contributed by atoms with E-state index in [1.807, 2.05) is 0 Å². The molecule has 2 atom stereocenters. The Morgan fingerprint density at radius 1 is 1.26 bits per heavy atom. The maximum Gasteiger partial charge on any atom is 0.424 e. The van der Waals surface area contributed by atoms with Gasteiger partial charge >= 0.3 is 6.18 Å². The number of carbonyl (C=O) groups excluding carboxylic acids is 1. The van der Waals surface area contributed by atoms with Crippen molar-refractivity contribution in [2.75, 3.05) is 6.54 Å². The standard InChI is InChI=1S/C18H19ClF3NO3S/c1-11-3-8-15(26-11)17(25,18(20,21)22)9-10-23-16(24)12(2)27-14-6-4-13(19)5-7-14/h3-8,12,25H,9-10H2,1-2H3,(H,23,24)/t12-,17-/m1/s1. The Balaban J connectivity index is 1.95. The summed E-state index contributed by atoms with van der Waals surface area (Å²) in [6.07, 6.45) is -5.70. The van der Waals surface area contributed by atoms with E-state index >= 15 is 0 Å². The normalized spacial score (nSPS) is 15.2. The molecule has 1 heterocycles. The van der Waals surface area contributed by atoms with Crippen molar-refractivity contribution in [2.45, 2.75) is 42.2 Å². The summed E-state index contributed by atoms with van der Waals surface area (Å²) >= 11 is 7.05. The Hall–Kier alpha value is -1.64. The number of amides is 1. The fraction of sp³-hybridized carbons (Fsp3) is 0.389. The SMILES string of the molecule is Cc1ccc([C@](O)(CCNC(=O)[C@@H](C)Sc2ccc(Cl)cc2)C(F)(F)F)o1. The Labute approximate surface area is 164 Å². The number of nitrogens with one attached hydrogen (secondary N) is 1. The first kappa shape index (κ1) is 21.7. The number of carbonyl (C=O) groups is 1. The maximum atomic E-state index is 13.4. The van der Waals surface area contributed by atoms with Gasteiger partial charge < -0.3 is 14.8 Å². The van der Waals surface area contributed by atoms with Gasteiger partial charge in [-0.3, -0.25) is 4.79 Å². The third-order valence-corrected chi connectivity index (χ3v) is 5.26. The molecule has 148 valence electrons. The molecule has 0 aliphatic heterocycles. The molecule has 0 bridgehead atoms. The Morgan fingerprint density at radius 3 is 2.41 bits per heavy atom. The second-order valence-electron chi connectivity index (χ2n) is 6.02. The molecule has 9 heteroatoms. The van der Waals surface area contributed by atoms with E-state index in [9.17, 15) is 23.1 Å². The van der Waals surface area contributed by atoms with Crippen LogP contribution in [0.5, 0.6) is 0 Å². The first-order chi connectivity index (χ1) is 12.5. The van der Waals surface area contributed by atoms with Gasteiger partial charge in [0.2, 0.25) is 11.5 Å². The number of alkyl halides is 3. The average Bonchev–Trinajstić information content (AvgIpc) is 3.02. The first-order valence-corrected chi connectivity index (χ1v) is 9.34. The zero-order valence-electron chi connectivity index (χ0n) is 14.6. The van der Waals surface area contributed by atoms with Crippen molar-refractivity contribution in [2.24, 2.45) is 0 Å². The third kappa shape index (κ3) is 5.43. The van der Waals surface area contributed by atoms with Crippen molar-refractivity contribution in [3.63, 3.8) is 0 Å². The molecular formula is C18H19ClF3NO3S. The van der Waals surface area contributed by atoms with E-state index in [1.54, 1.807) is 31.2 Å². The molecule has 0 fully saturated rings. The number of halogens is 4. The lowest BCUT2D eigenvalue weighted by atomic mass is 9.95. The van der Waals surface area contributed by atoms with E-state index in [0.717, 1.165) is 11.0 Å². The fourth-order valence-electron chi connectivity index (χ4n) is 2.34. The monoisotopic (exact) mass is 421 g/mol. The van der Waals surface area contributed by atoms with E-state index in [1.165, 1.54) is 24.8 Å². The van der Waals surface area contributed by atoms with Gasteiger partial charge in [0.1, 0.15) is 11.5 Å². The second kappa shape index (κ2) is 8.58. The summed E-state index contributed by atoms with van der Waals surface area (Å²) in [5.41, 5.74) is -3.17. The lowest BCUT2D eigenvalue weighted by Gasteiger charge is -2.28. The van der Waals surface area contributed by atoms with Crippen LogP contribution in [0.4, 0.5) is 13.2 Å². The fourth-order valence-corrected chi connectivity index (χ4v) is 3.36. The molecule has 0 spiro atoms. The minimum Gasteiger partial charge on any atom is -0.463 e. The molecule has 0 radical (unpaired) electrons. The van der Waals surface area contributed by atoms with E-state index in [0.29, 0.717) is 5.02 Å². The molecule has 0 aliphatic rings. The van der Waals surface area contributed by atoms with Crippen LogP contribution in [-0.4, -0.2) is 29.0 Å². The Kier molecular flexibility index (Phi) is 6.88. The highest BCUT2D eigenvalue weighted by Gasteiger charge is 2.56. The molecule has 0 saturated carbocycles. The third-order valence-electron chi connectivity index (χ3n) is 3.90. The molecule has 4 nitrogen and oxygen atoms in total. The number of hydrogen-bond donors (Lipinski definition) is 2. The van der Waals surface area contributed by atoms with Gasteiger partial charge in [-0.15, -0.1) is 11.8 Å². The Morgan fingerprint density at radius 2 is 1.89 bits per heavy atom. The molecule has 1 aromatic carbocycles. The quantitative estimate of drug-likeness (QED) is 0.637. The number of aryl methyl sites for hydroxylation is 1. The van der Waals surface area contributed by atoms with Gasteiger partial charge in [0, 0.05) is 22.9 Å². The van der Waals surface area contributed by atoms with Gasteiger partial charge in [-0.1, -0.05) is 11.6 Å². The number of rotatable bonds is 7. The number of aliphatic hydroxyl groups is 1. The molecule has 27 heavy (non-hydrogen) atoms. The minimum absolute atomic E-state index is 0.254. The maximum absolute atomic E-state index is 13.4. The zero-order chi connectivity index (χ0) is 20.2. The van der Waals surface area contributed by atoms with Crippen LogP contribution in [0, 0.1) is 6.92 Å². The topological polar surface area (TPSA) is 62.5 Å². The number of furan rings is 1. The minimum atomic E-state index is -4.94. The molecular weight excluding hydrogens is 403 g/mol. The number of thioether (sulfide) groups is 1. The predicted octanol–water partition coefficient (Wildman–Crippen LogP) is 4.68. The lowest BCUT2D eigenvalue weighted by molar-refractivity contribution is -0.274. The van der Waals surface area contributed by atoms with E-state index in [2.05, 4.69) is 5.32 Å². The van der Waals surface area contributed by atoms with Crippen LogP contribution in [0.15, 0.2) is 45.7 Å². The van der Waals surface area contributed by atoms with E-state index in [4.69, 9.17) is 16.0 Å². The van der Waals surface area contributed by atoms with Crippen molar-refractivity contribution in [3.05, 3.63) is 52.9 Å². The smallest absolute Gasteiger partial charge is 0.424 e. The average molecular weight is 422 g/mol. The number of benzene rings is 1. The van der Waals surface area contributed by atoms with Crippen molar-refractivity contribution >= 4 is 29.3 Å². The summed E-state index contributed by atoms with van der Waals surface area (Å²) in [4.78, 5) is 13.0. The van der Waals surface area contributed by atoms with Crippen LogP contribution in [-0.2, 0) is 10.4 Å². The van der Waals surface area contributed by atoms with Crippen molar-refractivity contribution < 1.29 is 27.5 Å². The molecule has 1 aromatic heterocycles. The van der Waals surface area contributed by atoms with Crippen LogP contribution < -0.4 is 5.32 Å². The summed E-state index contributed by atoms with van der Waals surface area (Å²) in [5.74, 6) is -0.773. The van der Waals surface area contributed by atoms with Crippen molar-refractivity contribution in [3.8, 4) is 0 Å². The molecule has 2 N–H and O–H groups in total. The largest absolute Gasteiger partial charge is 0.463 e. The highest BCUT2D eigenvalue weighted by Crippen LogP contribution is 2.42. The van der Waals surface area contributed by atoms with Crippen LogP contribution in [0.2, 0.25) is 5.02 Å². The molecule has 0 unspecified atom stereocenters. The summed E-state index contributed by atoms with van der Waals surface area (Å²) in [6, 6.07) is 9.29. The molecule has 0 aliphatic carbocycles. The van der Waals surface area contributed by atoms with E-state index in [-0.39, 0.29) is 12.3 Å². The van der Waals surface area contributed by atoms with Gasteiger partial charge in [0.15, 0.2) is 0 Å². The Bertz CT molecular complexity index is 779. The van der Waals surface area contributed by atoms with Gasteiger partial charge in [-0.2, -0.15) is 13.2 Å². The van der Waals surface area contributed by atoms with Crippen LogP contribution in [0.1, 0.15) is 24.9 Å². The van der Waals surface area contributed by atoms with Gasteiger partial charge in [-0.05, 0) is 50.2 Å². The van der Waals surface area contributed by atoms with Crippen molar-refractivity contribution in [1.29, 1.82) is 0 Å². The summed E-state index contributed by atoms with van der Waals surface area (Å²) in [7, 11) is 0. The summed E-state index contributed by atoms with van der Waals surface area (Å²) < 4.78 is 45.1. The van der Waals surface area contributed by atoms with Gasteiger partial charge in [0.25, 0.3) is 0 Å². The van der Waals surface area contributed by atoms with Gasteiger partial charge in [0.05, 0.1) is 5.25 Å². The van der Waals surface area contributed by atoms with Gasteiger partial charge in [-0.25, -0.2) is 0 Å². The molecule has 0 saturated heterocycles. The van der Waals surface area contributed by atoms with Crippen molar-refractivity contribution in [1.82, 2.24) is 5.32 Å². The summed E-state index contributed by atoms with van der Waals surface area (Å²) in [5, 5.41) is 12.6. The highest BCUT2D eigenvalue weighted by molar-refractivity contribution is 8.00. The molecule has 2 rings (SSSR count). The van der Waals surface area contributed by atoms with Crippen LogP contribution in [0.3, 0.4) is 0 Å². The predicted molar refractivity (Wildman–Crippen MR) is 97.8 cm³/mol. The number of hydrogen-bond acceptors (Lipinski definition) is 4. The van der Waals surface area contributed by atoms with Crippen LogP contribution in [0.25, 0.3) is 0 Å². The second-order valence-corrected chi connectivity index (χ2v) is 7.87. The van der Waals surface area contributed by atoms with E-state index < -0.39 is 35.1 Å². The highest BCUT2D eigenvalue weighted by atomic mass is 35.5. The summed E-state index contributed by atoms with van der Waals surface area (Å²) in [6.45, 7) is 2.76. The molecule has 2 aromatic rings. The zero-order valence-corrected chi connectivity index (χ0v) is 16.2. The first-order valence-electron chi connectivity index (χ1n) is 8.09. The molecule has 1 amide bonds.